The molecular weight excluding hydrogens is 358 g/mol. The molecule has 0 radical (unpaired) electrons. The van der Waals surface area contributed by atoms with Gasteiger partial charge in [0.15, 0.2) is 0 Å². The molecule has 0 spiro atoms. The first-order chi connectivity index (χ1) is 14.2. The van der Waals surface area contributed by atoms with Crippen molar-refractivity contribution in [2.75, 3.05) is 6.54 Å². The van der Waals surface area contributed by atoms with Crippen molar-refractivity contribution in [1.29, 1.82) is 0 Å². The van der Waals surface area contributed by atoms with Gasteiger partial charge in [-0.3, -0.25) is 14.5 Å². The van der Waals surface area contributed by atoms with Gasteiger partial charge < -0.3 is 0 Å². The standard InChI is InChI=1S/C26H41NO2/c1-2-3-4-5-6-7-8-9-10-11-12-13-14-15-18-21-27-25(28)22-23-19-16-17-20-24(23)26(27)29/h16-17,19-20H,2-15,18,21-22H2,1H3. The normalized spacial score (nSPS) is 13.8. The fourth-order valence-corrected chi connectivity index (χ4v) is 4.27. The van der Waals surface area contributed by atoms with Crippen molar-refractivity contribution in [3.63, 3.8) is 0 Å². The van der Waals surface area contributed by atoms with Crippen molar-refractivity contribution < 1.29 is 9.59 Å². The smallest absolute Gasteiger partial charge is 0.260 e. The topological polar surface area (TPSA) is 37.4 Å². The molecule has 0 atom stereocenters. The summed E-state index contributed by atoms with van der Waals surface area (Å²) in [4.78, 5) is 26.2. The number of benzene rings is 1. The quantitative estimate of drug-likeness (QED) is 0.220. The number of carbonyl (C=O) groups is 2. The molecule has 0 saturated heterocycles. The van der Waals surface area contributed by atoms with Gasteiger partial charge in [-0.05, 0) is 18.1 Å². The van der Waals surface area contributed by atoms with Crippen molar-refractivity contribution in [2.24, 2.45) is 0 Å². The molecular formula is C26H41NO2. The molecule has 1 heterocycles. The Labute approximate surface area is 178 Å². The number of rotatable bonds is 16. The Morgan fingerprint density at radius 1 is 0.690 bits per heavy atom. The van der Waals surface area contributed by atoms with Crippen LogP contribution >= 0.6 is 0 Å². The summed E-state index contributed by atoms with van der Waals surface area (Å²) >= 11 is 0. The molecule has 2 amide bonds. The fourth-order valence-electron chi connectivity index (χ4n) is 4.27. The highest BCUT2D eigenvalue weighted by Crippen LogP contribution is 2.20. The highest BCUT2D eigenvalue weighted by atomic mass is 16.2. The SMILES string of the molecule is CCCCCCCCCCCCCCCCCN1C(=O)Cc2ccccc2C1=O. The maximum atomic E-state index is 12.5. The summed E-state index contributed by atoms with van der Waals surface area (Å²) in [5, 5.41) is 0. The molecule has 2 rings (SSSR count). The van der Waals surface area contributed by atoms with E-state index >= 15 is 0 Å². The van der Waals surface area contributed by atoms with Crippen LogP contribution in [0.5, 0.6) is 0 Å². The van der Waals surface area contributed by atoms with Crippen LogP contribution in [0.25, 0.3) is 0 Å². The van der Waals surface area contributed by atoms with Crippen molar-refractivity contribution in [2.45, 2.75) is 110 Å². The summed E-state index contributed by atoms with van der Waals surface area (Å²) in [6, 6.07) is 7.49. The lowest BCUT2D eigenvalue weighted by Crippen LogP contribution is -2.42. The highest BCUT2D eigenvalue weighted by molar-refractivity contribution is 6.09. The minimum absolute atomic E-state index is 0.0425. The van der Waals surface area contributed by atoms with E-state index in [0.717, 1.165) is 18.4 Å². The van der Waals surface area contributed by atoms with Crippen molar-refractivity contribution >= 4 is 11.8 Å². The van der Waals surface area contributed by atoms with E-state index in [1.165, 1.54) is 88.4 Å². The average molecular weight is 400 g/mol. The number of amides is 2. The molecule has 29 heavy (non-hydrogen) atoms. The zero-order valence-corrected chi connectivity index (χ0v) is 18.6. The van der Waals surface area contributed by atoms with Gasteiger partial charge in [-0.15, -0.1) is 0 Å². The number of hydrogen-bond acceptors (Lipinski definition) is 2. The third-order valence-corrected chi connectivity index (χ3v) is 6.12. The van der Waals surface area contributed by atoms with Crippen LogP contribution in [0.2, 0.25) is 0 Å². The Kier molecular flexibility index (Phi) is 11.7. The highest BCUT2D eigenvalue weighted by Gasteiger charge is 2.29. The van der Waals surface area contributed by atoms with Crippen LogP contribution in [0.4, 0.5) is 0 Å². The molecule has 0 N–H and O–H groups in total. The second kappa shape index (κ2) is 14.4. The number of imide groups is 1. The zero-order chi connectivity index (χ0) is 20.7. The van der Waals surface area contributed by atoms with Gasteiger partial charge in [0.25, 0.3) is 5.91 Å². The van der Waals surface area contributed by atoms with Gasteiger partial charge in [-0.25, -0.2) is 0 Å². The number of unbranched alkanes of at least 4 members (excludes halogenated alkanes) is 14. The van der Waals surface area contributed by atoms with Crippen LogP contribution < -0.4 is 0 Å². The van der Waals surface area contributed by atoms with Gasteiger partial charge in [0, 0.05) is 12.1 Å². The third kappa shape index (κ3) is 8.72. The minimum atomic E-state index is -0.109. The van der Waals surface area contributed by atoms with E-state index < -0.39 is 0 Å². The van der Waals surface area contributed by atoms with Gasteiger partial charge in [-0.2, -0.15) is 0 Å². The summed E-state index contributed by atoms with van der Waals surface area (Å²) < 4.78 is 0. The number of hydrogen-bond donors (Lipinski definition) is 0. The molecule has 0 fully saturated rings. The van der Waals surface area contributed by atoms with Gasteiger partial charge in [-0.1, -0.05) is 115 Å². The maximum absolute atomic E-state index is 12.5. The third-order valence-electron chi connectivity index (χ3n) is 6.12. The van der Waals surface area contributed by atoms with E-state index in [1.54, 1.807) is 0 Å². The molecule has 0 saturated carbocycles. The van der Waals surface area contributed by atoms with E-state index in [9.17, 15) is 9.59 Å². The molecule has 1 aliphatic rings. The predicted octanol–water partition coefficient (Wildman–Crippen LogP) is 7.08. The molecule has 0 bridgehead atoms. The van der Waals surface area contributed by atoms with E-state index in [-0.39, 0.29) is 11.8 Å². The largest absolute Gasteiger partial charge is 0.278 e. The Morgan fingerprint density at radius 2 is 1.17 bits per heavy atom. The minimum Gasteiger partial charge on any atom is -0.278 e. The van der Waals surface area contributed by atoms with Gasteiger partial charge in [0.1, 0.15) is 0 Å². The fraction of sp³-hybridized carbons (Fsp3) is 0.692. The van der Waals surface area contributed by atoms with Crippen LogP contribution in [0.3, 0.4) is 0 Å². The van der Waals surface area contributed by atoms with Gasteiger partial charge in [0.2, 0.25) is 5.91 Å². The monoisotopic (exact) mass is 399 g/mol. The Hall–Kier alpha value is -1.64. The summed E-state index contributed by atoms with van der Waals surface area (Å²) in [5.74, 6) is -0.152. The molecule has 3 nitrogen and oxygen atoms in total. The molecule has 1 aromatic carbocycles. The van der Waals surface area contributed by atoms with E-state index in [2.05, 4.69) is 6.92 Å². The van der Waals surface area contributed by atoms with Crippen molar-refractivity contribution in [3.05, 3.63) is 35.4 Å². The predicted molar refractivity (Wildman–Crippen MR) is 121 cm³/mol. The summed E-state index contributed by atoms with van der Waals surface area (Å²) in [6.07, 6.45) is 20.2. The Morgan fingerprint density at radius 3 is 1.72 bits per heavy atom. The molecule has 1 aromatic rings. The Bertz CT molecular complexity index is 610. The first-order valence-corrected chi connectivity index (χ1v) is 12.2. The van der Waals surface area contributed by atoms with E-state index in [4.69, 9.17) is 0 Å². The lowest BCUT2D eigenvalue weighted by atomic mass is 9.98. The summed E-state index contributed by atoms with van der Waals surface area (Å²) in [5.41, 5.74) is 1.57. The molecule has 0 aromatic heterocycles. The maximum Gasteiger partial charge on any atom is 0.260 e. The summed E-state index contributed by atoms with van der Waals surface area (Å²) in [7, 11) is 0. The number of nitrogens with zero attached hydrogens (tertiary/aromatic N) is 1. The molecule has 3 heteroatoms. The van der Waals surface area contributed by atoms with Crippen molar-refractivity contribution in [3.8, 4) is 0 Å². The average Bonchev–Trinajstić information content (AvgIpc) is 2.73. The van der Waals surface area contributed by atoms with E-state index in [0.29, 0.717) is 18.5 Å². The first kappa shape index (κ1) is 23.6. The lowest BCUT2D eigenvalue weighted by molar-refractivity contribution is -0.128. The lowest BCUT2D eigenvalue weighted by Gasteiger charge is -2.26. The van der Waals surface area contributed by atoms with Crippen LogP contribution in [0.1, 0.15) is 119 Å². The molecule has 0 unspecified atom stereocenters. The van der Waals surface area contributed by atoms with Crippen molar-refractivity contribution in [1.82, 2.24) is 4.90 Å². The second-order valence-electron chi connectivity index (χ2n) is 8.63. The van der Waals surface area contributed by atoms with Crippen LogP contribution in [0, 0.1) is 0 Å². The molecule has 162 valence electrons. The zero-order valence-electron chi connectivity index (χ0n) is 18.6. The number of carbonyl (C=O) groups excluding carboxylic acids is 2. The van der Waals surface area contributed by atoms with Crippen LogP contribution in [-0.2, 0) is 11.2 Å². The van der Waals surface area contributed by atoms with Crippen LogP contribution in [0.15, 0.2) is 24.3 Å². The molecule has 0 aliphatic carbocycles. The first-order valence-electron chi connectivity index (χ1n) is 12.2. The van der Waals surface area contributed by atoms with E-state index in [1.807, 2.05) is 24.3 Å². The van der Waals surface area contributed by atoms with Crippen LogP contribution in [-0.4, -0.2) is 23.3 Å². The molecule has 1 aliphatic heterocycles. The second-order valence-corrected chi connectivity index (χ2v) is 8.63. The van der Waals surface area contributed by atoms with Gasteiger partial charge >= 0.3 is 0 Å². The summed E-state index contributed by atoms with van der Waals surface area (Å²) in [6.45, 7) is 2.85. The van der Waals surface area contributed by atoms with Gasteiger partial charge in [0.05, 0.1) is 6.42 Å². The Balaban J connectivity index is 1.43. The number of fused-ring (bicyclic) bond motifs is 1.